The second-order valence-corrected chi connectivity index (χ2v) is 26.6. The maximum atomic E-state index is 2.70. The van der Waals surface area contributed by atoms with Crippen molar-refractivity contribution >= 4 is 122 Å². The molecule has 12 aromatic carbocycles. The Morgan fingerprint density at radius 2 is 0.688 bits per heavy atom. The van der Waals surface area contributed by atoms with Gasteiger partial charge >= 0.3 is 0 Å². The molecule has 0 aliphatic carbocycles. The molecule has 12 aromatic rings. The Balaban J connectivity index is 1.21. The monoisotopic (exact) mass is 995 g/mol. The molecular weight excluding hydrogens is 928 g/mol. The summed E-state index contributed by atoms with van der Waals surface area (Å²) in [5.41, 5.74) is 18.7. The van der Waals surface area contributed by atoms with Crippen molar-refractivity contribution in [2.24, 2.45) is 0 Å². The Labute approximate surface area is 455 Å². The Hall–Kier alpha value is -7.88. The van der Waals surface area contributed by atoms with E-state index in [0.717, 1.165) is 0 Å². The molecule has 0 atom stereocenters. The fraction of sp³-hybridized carbons (Fsp3) is 0.216. The van der Waals surface area contributed by atoms with Gasteiger partial charge in [-0.1, -0.05) is 235 Å². The summed E-state index contributed by atoms with van der Waals surface area (Å²) < 4.78 is 0. The smallest absolute Gasteiger partial charge is 0.252 e. The quantitative estimate of drug-likeness (QED) is 0.0989. The molecular formula is C74H67BN2. The Morgan fingerprint density at radius 3 is 1.14 bits per heavy atom. The van der Waals surface area contributed by atoms with Crippen LogP contribution in [0, 0.1) is 0 Å². The van der Waals surface area contributed by atoms with E-state index in [1.165, 1.54) is 149 Å². The topological polar surface area (TPSA) is 6.48 Å². The molecule has 3 heteroatoms. The SMILES string of the molecule is CC(C)(C)c1cc(N2c3cc(-c4ccc5cccc6c7cccc8cccc(c4c56)c87)cc4c3B(c3ccc5ccccc5c32)c2ccc3ccccc3c2N4c2cc(C(C)(C)C)cc(C(C)(C)C)c2)cc(C(C)(C)C)c1. The average Bonchev–Trinajstić information content (AvgIpc) is 3.54. The molecule has 0 spiro atoms. The Bertz CT molecular complexity index is 4190. The zero-order valence-electron chi connectivity index (χ0n) is 46.9. The standard InChI is InChI=1S/C74H67BN2/c1-71(2,3)49-38-50(72(4,5)6)41-53(40-49)76-63-36-48(55-33-30-47-24-18-28-59-58-27-17-22-46-23-19-29-60(65(46)58)67(55)66(47)59)37-64-68(63)75(61-34-31-44-20-13-15-25-56(44)69(61)76)62-35-32-45-21-14-16-26-57(45)70(62)77(64)54-42-51(73(7,8)9)39-52(43-54)74(10,11)12/h13-43H,1-12H3. The number of hydrogen-bond donors (Lipinski definition) is 0. The van der Waals surface area contributed by atoms with Crippen molar-refractivity contribution in [3.8, 4) is 11.1 Å². The number of anilines is 6. The highest BCUT2D eigenvalue weighted by Gasteiger charge is 2.45. The van der Waals surface area contributed by atoms with E-state index in [2.05, 4.69) is 281 Å². The van der Waals surface area contributed by atoms with Crippen LogP contribution in [0.15, 0.2) is 188 Å². The molecule has 14 rings (SSSR count). The van der Waals surface area contributed by atoms with Gasteiger partial charge in [0.25, 0.3) is 6.71 Å². The van der Waals surface area contributed by atoms with Gasteiger partial charge in [0, 0.05) is 44.9 Å². The predicted molar refractivity (Wildman–Crippen MR) is 337 cm³/mol. The Morgan fingerprint density at radius 1 is 0.312 bits per heavy atom. The minimum Gasteiger partial charge on any atom is -0.311 e. The highest BCUT2D eigenvalue weighted by molar-refractivity contribution is 7.00. The zero-order valence-corrected chi connectivity index (χ0v) is 46.9. The lowest BCUT2D eigenvalue weighted by Gasteiger charge is -2.46. The van der Waals surface area contributed by atoms with Crippen molar-refractivity contribution in [2.75, 3.05) is 9.80 Å². The van der Waals surface area contributed by atoms with E-state index in [9.17, 15) is 0 Å². The van der Waals surface area contributed by atoms with Crippen LogP contribution in [0.1, 0.15) is 105 Å². The summed E-state index contributed by atoms with van der Waals surface area (Å²) in [5.74, 6) is 0. The van der Waals surface area contributed by atoms with Crippen LogP contribution in [0.2, 0.25) is 0 Å². The van der Waals surface area contributed by atoms with Crippen LogP contribution in [0.3, 0.4) is 0 Å². The largest absolute Gasteiger partial charge is 0.311 e. The second kappa shape index (κ2) is 16.3. The molecule has 376 valence electrons. The highest BCUT2D eigenvalue weighted by Crippen LogP contribution is 2.53. The summed E-state index contributed by atoms with van der Waals surface area (Å²) >= 11 is 0. The minimum atomic E-state index is -0.0976. The fourth-order valence-corrected chi connectivity index (χ4v) is 13.3. The number of benzene rings is 12. The van der Waals surface area contributed by atoms with E-state index in [4.69, 9.17) is 0 Å². The lowest BCUT2D eigenvalue weighted by molar-refractivity contribution is 0.568. The Kier molecular flexibility index (Phi) is 10.1. The third-order valence-corrected chi connectivity index (χ3v) is 17.5. The van der Waals surface area contributed by atoms with Crippen molar-refractivity contribution in [3.05, 3.63) is 210 Å². The van der Waals surface area contributed by atoms with Crippen molar-refractivity contribution in [3.63, 3.8) is 0 Å². The zero-order chi connectivity index (χ0) is 53.2. The summed E-state index contributed by atoms with van der Waals surface area (Å²) in [5, 5.41) is 15.4. The van der Waals surface area contributed by atoms with E-state index in [-0.39, 0.29) is 28.4 Å². The number of fused-ring (bicyclic) bond motifs is 10. The van der Waals surface area contributed by atoms with Gasteiger partial charge in [-0.05, 0) is 162 Å². The molecule has 0 N–H and O–H groups in total. The number of hydrogen-bond acceptors (Lipinski definition) is 2. The first-order chi connectivity index (χ1) is 36.7. The maximum absolute atomic E-state index is 2.70. The molecule has 0 saturated carbocycles. The van der Waals surface area contributed by atoms with Crippen LogP contribution in [-0.4, -0.2) is 6.71 Å². The molecule has 0 aromatic heterocycles. The normalized spacial score (nSPS) is 13.9. The van der Waals surface area contributed by atoms with Crippen LogP contribution < -0.4 is 26.2 Å². The van der Waals surface area contributed by atoms with Gasteiger partial charge in [-0.2, -0.15) is 0 Å². The van der Waals surface area contributed by atoms with Gasteiger partial charge in [-0.25, -0.2) is 0 Å². The summed E-state index contributed by atoms with van der Waals surface area (Å²) in [4.78, 5) is 5.40. The molecule has 2 heterocycles. The molecule has 0 fully saturated rings. The fourth-order valence-electron chi connectivity index (χ4n) is 13.3. The molecule has 2 nitrogen and oxygen atoms in total. The minimum absolute atomic E-state index is 0.0660. The highest BCUT2D eigenvalue weighted by atomic mass is 15.2. The molecule has 0 amide bonds. The third kappa shape index (κ3) is 7.22. The van der Waals surface area contributed by atoms with Crippen molar-refractivity contribution < 1.29 is 0 Å². The molecule has 77 heavy (non-hydrogen) atoms. The van der Waals surface area contributed by atoms with Crippen LogP contribution in [0.25, 0.3) is 75.8 Å². The van der Waals surface area contributed by atoms with E-state index < -0.39 is 0 Å². The van der Waals surface area contributed by atoms with Gasteiger partial charge < -0.3 is 9.80 Å². The molecule has 2 aliphatic rings. The third-order valence-electron chi connectivity index (χ3n) is 17.5. The van der Waals surface area contributed by atoms with Gasteiger partial charge in [0.2, 0.25) is 0 Å². The van der Waals surface area contributed by atoms with Crippen LogP contribution >= 0.6 is 0 Å². The maximum Gasteiger partial charge on any atom is 0.252 e. The van der Waals surface area contributed by atoms with E-state index >= 15 is 0 Å². The number of nitrogens with zero attached hydrogens (tertiary/aromatic N) is 2. The van der Waals surface area contributed by atoms with Gasteiger partial charge in [0.05, 0.1) is 0 Å². The van der Waals surface area contributed by atoms with Crippen molar-refractivity contribution in [1.82, 2.24) is 0 Å². The van der Waals surface area contributed by atoms with E-state index in [0.29, 0.717) is 0 Å². The van der Waals surface area contributed by atoms with Crippen molar-refractivity contribution in [2.45, 2.75) is 105 Å². The summed E-state index contributed by atoms with van der Waals surface area (Å²) in [6, 6.07) is 73.5. The first-order valence-electron chi connectivity index (χ1n) is 27.9. The molecule has 0 unspecified atom stereocenters. The van der Waals surface area contributed by atoms with Crippen LogP contribution in [-0.2, 0) is 21.7 Å². The van der Waals surface area contributed by atoms with Gasteiger partial charge in [0.15, 0.2) is 0 Å². The van der Waals surface area contributed by atoms with Gasteiger partial charge in [-0.3, -0.25) is 0 Å². The molecule has 0 saturated heterocycles. The summed E-state index contributed by atoms with van der Waals surface area (Å²) in [6.07, 6.45) is 0. The van der Waals surface area contributed by atoms with Crippen LogP contribution in [0.5, 0.6) is 0 Å². The van der Waals surface area contributed by atoms with E-state index in [1.54, 1.807) is 0 Å². The molecule has 0 bridgehead atoms. The molecule has 0 radical (unpaired) electrons. The first-order valence-corrected chi connectivity index (χ1v) is 27.9. The van der Waals surface area contributed by atoms with Crippen molar-refractivity contribution in [1.29, 1.82) is 0 Å². The van der Waals surface area contributed by atoms with Crippen LogP contribution in [0.4, 0.5) is 34.1 Å². The van der Waals surface area contributed by atoms with Gasteiger partial charge in [0.1, 0.15) is 0 Å². The summed E-state index contributed by atoms with van der Waals surface area (Å²) in [7, 11) is 0. The van der Waals surface area contributed by atoms with Gasteiger partial charge in [-0.15, -0.1) is 0 Å². The van der Waals surface area contributed by atoms with E-state index in [1.807, 2.05) is 0 Å². The first kappa shape index (κ1) is 47.6. The lowest BCUT2D eigenvalue weighted by atomic mass is 9.33. The number of rotatable bonds is 3. The lowest BCUT2D eigenvalue weighted by Crippen LogP contribution is -2.61. The molecule has 2 aliphatic heterocycles. The second-order valence-electron chi connectivity index (χ2n) is 26.6. The predicted octanol–water partition coefficient (Wildman–Crippen LogP) is 19.0. The average molecular weight is 995 g/mol. The summed E-state index contributed by atoms with van der Waals surface area (Å²) in [6.45, 7) is 28.3.